The summed E-state index contributed by atoms with van der Waals surface area (Å²) in [6.07, 6.45) is 1.41. The molecule has 1 aromatic carbocycles. The molecule has 1 fully saturated rings. The Bertz CT molecular complexity index is 823. The third kappa shape index (κ3) is 5.01. The van der Waals surface area contributed by atoms with Gasteiger partial charge in [-0.25, -0.2) is 0 Å². The molecule has 0 radical (unpaired) electrons. The largest absolute Gasteiger partial charge is 0.391 e. The van der Waals surface area contributed by atoms with E-state index in [0.29, 0.717) is 6.54 Å². The monoisotopic (exact) mass is 416 g/mol. The lowest BCUT2D eigenvalue weighted by Gasteiger charge is -2.29. The molecule has 2 heterocycles. The van der Waals surface area contributed by atoms with E-state index in [1.54, 1.807) is 23.9 Å². The zero-order chi connectivity index (χ0) is 21.0. The van der Waals surface area contributed by atoms with Crippen LogP contribution in [0.15, 0.2) is 36.0 Å². The molecule has 7 nitrogen and oxygen atoms in total. The standard InChI is InChI=1S/C21H28N4O3S/c1-13(2)19(22-3)21(28)25-11-16(26)8-17(25)20(27)24-9-14-4-6-15(7-5-14)18-10-23-12-29-18/h4-7,10,12-13,16-17,19,22,26H,8-9,11H2,1-3H3,(H,24,27)/t16-,17+,19+/m1/s1. The van der Waals surface area contributed by atoms with E-state index in [2.05, 4.69) is 15.6 Å². The number of carbonyl (C=O) groups is 2. The maximum absolute atomic E-state index is 12.9. The van der Waals surface area contributed by atoms with Crippen molar-refractivity contribution in [2.24, 2.45) is 5.92 Å². The maximum atomic E-state index is 12.9. The van der Waals surface area contributed by atoms with E-state index in [0.717, 1.165) is 16.0 Å². The van der Waals surface area contributed by atoms with Crippen LogP contribution in [0.3, 0.4) is 0 Å². The molecule has 1 aromatic heterocycles. The maximum Gasteiger partial charge on any atom is 0.243 e. The van der Waals surface area contributed by atoms with Crippen LogP contribution in [0.25, 0.3) is 10.4 Å². The fraction of sp³-hybridized carbons (Fsp3) is 0.476. The average Bonchev–Trinajstić information content (AvgIpc) is 3.36. The number of aliphatic hydroxyl groups excluding tert-OH is 1. The second kappa shape index (κ2) is 9.47. The van der Waals surface area contributed by atoms with Gasteiger partial charge in [0.25, 0.3) is 0 Å². The molecule has 156 valence electrons. The summed E-state index contributed by atoms with van der Waals surface area (Å²) in [5.41, 5.74) is 3.85. The van der Waals surface area contributed by atoms with Crippen molar-refractivity contribution in [3.63, 3.8) is 0 Å². The lowest BCUT2D eigenvalue weighted by molar-refractivity contribution is -0.140. The minimum atomic E-state index is -0.682. The van der Waals surface area contributed by atoms with Crippen molar-refractivity contribution in [2.45, 2.75) is 45.0 Å². The Morgan fingerprint density at radius 3 is 2.62 bits per heavy atom. The Balaban J connectivity index is 1.62. The molecule has 1 saturated heterocycles. The van der Waals surface area contributed by atoms with Crippen LogP contribution >= 0.6 is 11.3 Å². The highest BCUT2D eigenvalue weighted by Crippen LogP contribution is 2.24. The summed E-state index contributed by atoms with van der Waals surface area (Å²) < 4.78 is 0. The number of hydrogen-bond donors (Lipinski definition) is 3. The molecule has 3 atom stereocenters. The van der Waals surface area contributed by atoms with Crippen LogP contribution in [0.4, 0.5) is 0 Å². The molecule has 0 bridgehead atoms. The van der Waals surface area contributed by atoms with Gasteiger partial charge in [-0.2, -0.15) is 0 Å². The van der Waals surface area contributed by atoms with Gasteiger partial charge in [0.1, 0.15) is 6.04 Å². The number of aromatic nitrogens is 1. The number of rotatable bonds is 7. The van der Waals surface area contributed by atoms with E-state index in [4.69, 9.17) is 0 Å². The molecule has 0 saturated carbocycles. The van der Waals surface area contributed by atoms with Crippen LogP contribution in [0.5, 0.6) is 0 Å². The summed E-state index contributed by atoms with van der Waals surface area (Å²) in [5.74, 6) is -0.292. The molecule has 1 aliphatic rings. The summed E-state index contributed by atoms with van der Waals surface area (Å²) in [6.45, 7) is 4.47. The van der Waals surface area contributed by atoms with Gasteiger partial charge < -0.3 is 20.6 Å². The number of likely N-dealkylation sites (N-methyl/N-ethyl adjacent to an activating group) is 1. The van der Waals surface area contributed by atoms with Gasteiger partial charge in [-0.15, -0.1) is 11.3 Å². The SMILES string of the molecule is CN[C@H](C(=O)N1C[C@H](O)C[C@H]1C(=O)NCc1ccc(-c2cncs2)cc1)C(C)C. The van der Waals surface area contributed by atoms with Gasteiger partial charge in [0.05, 0.1) is 22.5 Å². The summed E-state index contributed by atoms with van der Waals surface area (Å²) in [5, 5.41) is 16.0. The van der Waals surface area contributed by atoms with Crippen LogP contribution < -0.4 is 10.6 Å². The number of hydrogen-bond acceptors (Lipinski definition) is 6. The zero-order valence-corrected chi connectivity index (χ0v) is 17.8. The van der Waals surface area contributed by atoms with E-state index in [1.807, 2.05) is 44.3 Å². The van der Waals surface area contributed by atoms with E-state index in [-0.39, 0.29) is 36.7 Å². The summed E-state index contributed by atoms with van der Waals surface area (Å²) >= 11 is 1.58. The predicted molar refractivity (Wildman–Crippen MR) is 113 cm³/mol. The molecule has 29 heavy (non-hydrogen) atoms. The van der Waals surface area contributed by atoms with Crippen LogP contribution in [0.1, 0.15) is 25.8 Å². The molecule has 0 spiro atoms. The lowest BCUT2D eigenvalue weighted by Crippen LogP contribution is -2.53. The molecule has 0 unspecified atom stereocenters. The Kier molecular flexibility index (Phi) is 7.00. The molecule has 3 N–H and O–H groups in total. The van der Waals surface area contributed by atoms with E-state index < -0.39 is 12.1 Å². The van der Waals surface area contributed by atoms with Crippen molar-refractivity contribution in [3.05, 3.63) is 41.5 Å². The van der Waals surface area contributed by atoms with Gasteiger partial charge in [-0.3, -0.25) is 14.6 Å². The first-order valence-corrected chi connectivity index (χ1v) is 10.7. The first-order valence-electron chi connectivity index (χ1n) is 9.82. The molecule has 8 heteroatoms. The summed E-state index contributed by atoms with van der Waals surface area (Å²) in [4.78, 5) is 32.3. The van der Waals surface area contributed by atoms with Gasteiger partial charge >= 0.3 is 0 Å². The van der Waals surface area contributed by atoms with Crippen molar-refractivity contribution in [2.75, 3.05) is 13.6 Å². The first-order chi connectivity index (χ1) is 13.9. The topological polar surface area (TPSA) is 94.6 Å². The van der Waals surface area contributed by atoms with Crippen LogP contribution in [0.2, 0.25) is 0 Å². The third-order valence-electron chi connectivity index (χ3n) is 5.25. The number of amides is 2. The van der Waals surface area contributed by atoms with Crippen molar-refractivity contribution in [1.29, 1.82) is 0 Å². The number of nitrogens with zero attached hydrogens (tertiary/aromatic N) is 2. The first kappa shape index (κ1) is 21.4. The summed E-state index contributed by atoms with van der Waals surface area (Å²) in [7, 11) is 1.74. The molecule has 0 aliphatic carbocycles. The molecular weight excluding hydrogens is 388 g/mol. The molecular formula is C21H28N4O3S. The third-order valence-corrected chi connectivity index (χ3v) is 6.07. The Morgan fingerprint density at radius 2 is 2.03 bits per heavy atom. The van der Waals surface area contributed by atoms with Crippen molar-refractivity contribution < 1.29 is 14.7 Å². The van der Waals surface area contributed by atoms with Gasteiger partial charge in [0.2, 0.25) is 11.8 Å². The average molecular weight is 417 g/mol. The number of thiazole rings is 1. The minimum Gasteiger partial charge on any atom is -0.391 e. The number of β-amino-alcohol motifs (C(OH)–C–C–N with tert-alkyl or cyclic N) is 1. The molecule has 1 aliphatic heterocycles. The lowest BCUT2D eigenvalue weighted by atomic mass is 10.0. The normalized spacial score (nSPS) is 20.1. The highest BCUT2D eigenvalue weighted by atomic mass is 32.1. The Hall–Kier alpha value is -2.29. The van der Waals surface area contributed by atoms with Crippen molar-refractivity contribution in [3.8, 4) is 10.4 Å². The number of likely N-dealkylation sites (tertiary alicyclic amines) is 1. The van der Waals surface area contributed by atoms with Crippen LogP contribution in [-0.4, -0.2) is 58.6 Å². The van der Waals surface area contributed by atoms with Crippen LogP contribution in [-0.2, 0) is 16.1 Å². The quantitative estimate of drug-likeness (QED) is 0.638. The second-order valence-corrected chi connectivity index (χ2v) is 8.57. The van der Waals surface area contributed by atoms with E-state index in [9.17, 15) is 14.7 Å². The molecule has 2 aromatic rings. The zero-order valence-electron chi connectivity index (χ0n) is 17.0. The van der Waals surface area contributed by atoms with E-state index in [1.165, 1.54) is 4.90 Å². The van der Waals surface area contributed by atoms with Gasteiger partial charge in [-0.05, 0) is 24.1 Å². The Labute approximate surface area is 175 Å². The van der Waals surface area contributed by atoms with Crippen LogP contribution in [0, 0.1) is 5.92 Å². The molecule has 2 amide bonds. The van der Waals surface area contributed by atoms with Crippen molar-refractivity contribution in [1.82, 2.24) is 20.5 Å². The smallest absolute Gasteiger partial charge is 0.243 e. The fourth-order valence-corrected chi connectivity index (χ4v) is 4.31. The number of carbonyl (C=O) groups excluding carboxylic acids is 2. The van der Waals surface area contributed by atoms with Gasteiger partial charge in [0.15, 0.2) is 0 Å². The van der Waals surface area contributed by atoms with E-state index >= 15 is 0 Å². The fourth-order valence-electron chi connectivity index (χ4n) is 3.68. The predicted octanol–water partition coefficient (Wildman–Crippen LogP) is 1.63. The highest BCUT2D eigenvalue weighted by molar-refractivity contribution is 7.13. The minimum absolute atomic E-state index is 0.0889. The number of nitrogens with one attached hydrogen (secondary N) is 2. The number of benzene rings is 1. The van der Waals surface area contributed by atoms with Crippen molar-refractivity contribution >= 4 is 23.2 Å². The number of aliphatic hydroxyl groups is 1. The second-order valence-electron chi connectivity index (χ2n) is 7.69. The highest BCUT2D eigenvalue weighted by Gasteiger charge is 2.41. The van der Waals surface area contributed by atoms with Gasteiger partial charge in [0, 0.05) is 25.7 Å². The summed E-state index contributed by atoms with van der Waals surface area (Å²) in [6, 6.07) is 6.92. The van der Waals surface area contributed by atoms with Gasteiger partial charge in [-0.1, -0.05) is 38.1 Å². The molecule has 3 rings (SSSR count). The Morgan fingerprint density at radius 1 is 1.31 bits per heavy atom.